The van der Waals surface area contributed by atoms with Gasteiger partial charge >= 0.3 is 0 Å². The van der Waals surface area contributed by atoms with Crippen LogP contribution in [0.3, 0.4) is 0 Å². The highest BCUT2D eigenvalue weighted by atomic mass is 79.9. The normalized spacial score (nSPS) is 13.1. The number of hydrogen-bond acceptors (Lipinski definition) is 2. The van der Waals surface area contributed by atoms with E-state index in [0.29, 0.717) is 5.69 Å². The lowest BCUT2D eigenvalue weighted by atomic mass is 10.2. The molecule has 1 N–H and O–H groups in total. The minimum atomic E-state index is -0.515. The molecule has 2 aromatic rings. The Morgan fingerprint density at radius 1 is 1.29 bits per heavy atom. The van der Waals surface area contributed by atoms with Crippen molar-refractivity contribution >= 4 is 26.8 Å². The SMILES string of the molecule is C[C@@H](O)c1ccc2ccc(Br)cc2n1. The first kappa shape index (κ1) is 9.62. The molecule has 2 rings (SSSR count). The average Bonchev–Trinajstić information content (AvgIpc) is 2.16. The molecule has 0 amide bonds. The monoisotopic (exact) mass is 251 g/mol. The third kappa shape index (κ3) is 1.79. The maximum absolute atomic E-state index is 9.38. The van der Waals surface area contributed by atoms with Gasteiger partial charge in [0.2, 0.25) is 0 Å². The molecule has 2 nitrogen and oxygen atoms in total. The molecule has 0 unspecified atom stereocenters. The standard InChI is InChI=1S/C11H10BrNO/c1-7(14)10-5-3-8-2-4-9(12)6-11(8)13-10/h2-7,14H,1H3/t7-/m1/s1. The van der Waals surface area contributed by atoms with Crippen molar-refractivity contribution in [3.8, 4) is 0 Å². The molecular weight excluding hydrogens is 242 g/mol. The number of aliphatic hydroxyl groups excluding tert-OH is 1. The van der Waals surface area contributed by atoms with Gasteiger partial charge in [-0.3, -0.25) is 4.98 Å². The van der Waals surface area contributed by atoms with Crippen molar-refractivity contribution in [2.75, 3.05) is 0 Å². The summed E-state index contributed by atoms with van der Waals surface area (Å²) in [5.74, 6) is 0. The Hall–Kier alpha value is -0.930. The number of benzene rings is 1. The highest BCUT2D eigenvalue weighted by Gasteiger charge is 2.03. The van der Waals surface area contributed by atoms with E-state index < -0.39 is 6.10 Å². The van der Waals surface area contributed by atoms with Crippen molar-refractivity contribution in [2.45, 2.75) is 13.0 Å². The van der Waals surface area contributed by atoms with Crippen LogP contribution in [0.1, 0.15) is 18.7 Å². The Labute approximate surface area is 90.7 Å². The van der Waals surface area contributed by atoms with Gasteiger partial charge in [-0.25, -0.2) is 0 Å². The van der Waals surface area contributed by atoms with Crippen molar-refractivity contribution in [3.63, 3.8) is 0 Å². The maximum atomic E-state index is 9.38. The molecule has 0 saturated heterocycles. The van der Waals surface area contributed by atoms with Gasteiger partial charge in [-0.05, 0) is 25.1 Å². The summed E-state index contributed by atoms with van der Waals surface area (Å²) in [4.78, 5) is 4.36. The summed E-state index contributed by atoms with van der Waals surface area (Å²) in [5, 5.41) is 10.5. The van der Waals surface area contributed by atoms with Gasteiger partial charge in [0.05, 0.1) is 17.3 Å². The lowest BCUT2D eigenvalue weighted by Crippen LogP contribution is -1.94. The number of hydrogen-bond donors (Lipinski definition) is 1. The van der Waals surface area contributed by atoms with Crippen molar-refractivity contribution in [2.24, 2.45) is 0 Å². The summed E-state index contributed by atoms with van der Waals surface area (Å²) in [7, 11) is 0. The number of halogens is 1. The highest BCUT2D eigenvalue weighted by molar-refractivity contribution is 9.10. The smallest absolute Gasteiger partial charge is 0.0932 e. The van der Waals surface area contributed by atoms with Gasteiger partial charge in [0.15, 0.2) is 0 Å². The zero-order valence-electron chi connectivity index (χ0n) is 7.74. The van der Waals surface area contributed by atoms with Crippen LogP contribution in [-0.2, 0) is 0 Å². The quantitative estimate of drug-likeness (QED) is 0.846. The van der Waals surface area contributed by atoms with E-state index in [-0.39, 0.29) is 0 Å². The second kappa shape index (κ2) is 3.67. The van der Waals surface area contributed by atoms with Gasteiger partial charge < -0.3 is 5.11 Å². The number of rotatable bonds is 1. The van der Waals surface area contributed by atoms with E-state index in [4.69, 9.17) is 0 Å². The predicted molar refractivity (Wildman–Crippen MR) is 60.1 cm³/mol. The van der Waals surface area contributed by atoms with Crippen LogP contribution in [0.5, 0.6) is 0 Å². The van der Waals surface area contributed by atoms with Crippen molar-refractivity contribution in [1.29, 1.82) is 0 Å². The number of fused-ring (bicyclic) bond motifs is 1. The second-order valence-corrected chi connectivity index (χ2v) is 4.16. The topological polar surface area (TPSA) is 33.1 Å². The van der Waals surface area contributed by atoms with Gasteiger partial charge in [0.25, 0.3) is 0 Å². The molecule has 14 heavy (non-hydrogen) atoms. The maximum Gasteiger partial charge on any atom is 0.0932 e. The van der Waals surface area contributed by atoms with Crippen LogP contribution in [0.15, 0.2) is 34.8 Å². The van der Waals surface area contributed by atoms with E-state index in [0.717, 1.165) is 15.4 Å². The molecular formula is C11H10BrNO. The molecule has 1 aromatic heterocycles. The lowest BCUT2D eigenvalue weighted by molar-refractivity contribution is 0.195. The van der Waals surface area contributed by atoms with Crippen molar-refractivity contribution in [3.05, 3.63) is 40.5 Å². The molecule has 0 saturated carbocycles. The van der Waals surface area contributed by atoms with Crippen LogP contribution in [-0.4, -0.2) is 10.1 Å². The fourth-order valence-electron chi connectivity index (χ4n) is 1.34. The van der Waals surface area contributed by atoms with Crippen LogP contribution in [0.2, 0.25) is 0 Å². The fraction of sp³-hybridized carbons (Fsp3) is 0.182. The van der Waals surface area contributed by atoms with E-state index >= 15 is 0 Å². The summed E-state index contributed by atoms with van der Waals surface area (Å²) in [5.41, 5.74) is 1.60. The third-order valence-electron chi connectivity index (χ3n) is 2.10. The zero-order chi connectivity index (χ0) is 10.1. The van der Waals surface area contributed by atoms with E-state index in [1.165, 1.54) is 0 Å². The number of aliphatic hydroxyl groups is 1. The molecule has 3 heteroatoms. The molecule has 0 aliphatic carbocycles. The number of aromatic nitrogens is 1. The number of nitrogens with zero attached hydrogens (tertiary/aromatic N) is 1. The summed E-state index contributed by atoms with van der Waals surface area (Å²) in [6, 6.07) is 9.74. The molecule has 1 atom stereocenters. The Kier molecular flexibility index (Phi) is 2.52. The summed E-state index contributed by atoms with van der Waals surface area (Å²) in [6.45, 7) is 1.71. The van der Waals surface area contributed by atoms with Crippen LogP contribution >= 0.6 is 15.9 Å². The Morgan fingerprint density at radius 3 is 2.71 bits per heavy atom. The van der Waals surface area contributed by atoms with Crippen molar-refractivity contribution in [1.82, 2.24) is 4.98 Å². The van der Waals surface area contributed by atoms with Gasteiger partial charge in [-0.1, -0.05) is 28.1 Å². The molecule has 0 aliphatic rings. The van der Waals surface area contributed by atoms with Gasteiger partial charge in [-0.15, -0.1) is 0 Å². The molecule has 1 heterocycles. The Morgan fingerprint density at radius 2 is 2.00 bits per heavy atom. The summed E-state index contributed by atoms with van der Waals surface area (Å²) >= 11 is 3.39. The molecule has 0 fully saturated rings. The first-order chi connectivity index (χ1) is 6.66. The highest BCUT2D eigenvalue weighted by Crippen LogP contribution is 2.20. The minimum absolute atomic E-state index is 0.515. The molecule has 1 aromatic carbocycles. The van der Waals surface area contributed by atoms with E-state index in [9.17, 15) is 5.11 Å². The van der Waals surface area contributed by atoms with Gasteiger partial charge in [0, 0.05) is 9.86 Å². The molecule has 72 valence electrons. The third-order valence-corrected chi connectivity index (χ3v) is 2.60. The fourth-order valence-corrected chi connectivity index (χ4v) is 1.69. The lowest BCUT2D eigenvalue weighted by Gasteiger charge is -2.05. The molecule has 0 bridgehead atoms. The second-order valence-electron chi connectivity index (χ2n) is 3.25. The van der Waals surface area contributed by atoms with Crippen LogP contribution in [0, 0.1) is 0 Å². The van der Waals surface area contributed by atoms with E-state index in [2.05, 4.69) is 20.9 Å². The van der Waals surface area contributed by atoms with Crippen LogP contribution in [0.25, 0.3) is 10.9 Å². The predicted octanol–water partition coefficient (Wildman–Crippen LogP) is 3.05. The Balaban J connectivity index is 2.63. The van der Waals surface area contributed by atoms with Crippen LogP contribution < -0.4 is 0 Å². The van der Waals surface area contributed by atoms with Gasteiger partial charge in [0.1, 0.15) is 0 Å². The zero-order valence-corrected chi connectivity index (χ0v) is 9.32. The largest absolute Gasteiger partial charge is 0.387 e. The summed E-state index contributed by atoms with van der Waals surface area (Å²) < 4.78 is 1.00. The Bertz CT molecular complexity index is 468. The van der Waals surface area contributed by atoms with Gasteiger partial charge in [-0.2, -0.15) is 0 Å². The average molecular weight is 252 g/mol. The molecule has 0 spiro atoms. The first-order valence-electron chi connectivity index (χ1n) is 4.41. The van der Waals surface area contributed by atoms with E-state index in [1.807, 2.05) is 30.3 Å². The van der Waals surface area contributed by atoms with Crippen LogP contribution in [0.4, 0.5) is 0 Å². The molecule has 0 radical (unpaired) electrons. The number of pyridine rings is 1. The minimum Gasteiger partial charge on any atom is -0.387 e. The van der Waals surface area contributed by atoms with E-state index in [1.54, 1.807) is 6.92 Å². The molecule has 0 aliphatic heterocycles. The summed E-state index contributed by atoms with van der Waals surface area (Å²) in [6.07, 6.45) is -0.515. The van der Waals surface area contributed by atoms with Crippen molar-refractivity contribution < 1.29 is 5.11 Å². The first-order valence-corrected chi connectivity index (χ1v) is 5.20.